The van der Waals surface area contributed by atoms with Crippen LogP contribution >= 0.6 is 0 Å². The van der Waals surface area contributed by atoms with E-state index in [1.807, 2.05) is 13.8 Å². The Morgan fingerprint density at radius 2 is 1.94 bits per heavy atom. The van der Waals surface area contributed by atoms with Crippen molar-refractivity contribution in [2.45, 2.75) is 26.3 Å². The maximum atomic E-state index is 13.2. The number of nitrogens with one attached hydrogen (secondary N) is 2. The third-order valence-electron chi connectivity index (χ3n) is 2.27. The van der Waals surface area contributed by atoms with Gasteiger partial charge in [0.15, 0.2) is 0 Å². The summed E-state index contributed by atoms with van der Waals surface area (Å²) in [5, 5.41) is 5.28. The molecule has 5 heteroatoms. The standard InChI is InChI=1S/C12H16F2N2O/c1-3-15-8(2)7-11(17)16-12-9(13)5-4-6-10(12)14/h4-6,8,15H,3,7H2,1-2H3,(H,16,17). The molecule has 1 unspecified atom stereocenters. The number of carbonyl (C=O) groups is 1. The molecular weight excluding hydrogens is 226 g/mol. The van der Waals surface area contributed by atoms with Crippen molar-refractivity contribution in [3.05, 3.63) is 29.8 Å². The lowest BCUT2D eigenvalue weighted by Crippen LogP contribution is -2.30. The molecule has 1 rings (SSSR count). The number of amides is 1. The van der Waals surface area contributed by atoms with Gasteiger partial charge in [-0.15, -0.1) is 0 Å². The van der Waals surface area contributed by atoms with E-state index in [0.717, 1.165) is 18.7 Å². The molecule has 0 aromatic heterocycles. The first-order chi connectivity index (χ1) is 8.04. The van der Waals surface area contributed by atoms with Crippen LogP contribution < -0.4 is 10.6 Å². The molecule has 0 saturated heterocycles. The molecule has 94 valence electrons. The fourth-order valence-corrected chi connectivity index (χ4v) is 1.51. The first kappa shape index (κ1) is 13.6. The maximum absolute atomic E-state index is 13.2. The van der Waals surface area contributed by atoms with Crippen molar-refractivity contribution in [2.75, 3.05) is 11.9 Å². The number of halogens is 2. The molecule has 1 atom stereocenters. The molecule has 3 nitrogen and oxygen atoms in total. The van der Waals surface area contributed by atoms with Gasteiger partial charge in [-0.05, 0) is 25.6 Å². The Kier molecular flexibility index (Phi) is 5.03. The molecule has 0 bridgehead atoms. The second-order valence-corrected chi connectivity index (χ2v) is 3.81. The van der Waals surface area contributed by atoms with Gasteiger partial charge in [0.25, 0.3) is 0 Å². The van der Waals surface area contributed by atoms with Gasteiger partial charge in [0, 0.05) is 12.5 Å². The van der Waals surface area contributed by atoms with Gasteiger partial charge in [-0.25, -0.2) is 8.78 Å². The zero-order chi connectivity index (χ0) is 12.8. The van der Waals surface area contributed by atoms with E-state index < -0.39 is 17.5 Å². The highest BCUT2D eigenvalue weighted by atomic mass is 19.1. The quantitative estimate of drug-likeness (QED) is 0.831. The smallest absolute Gasteiger partial charge is 0.226 e. The number of benzene rings is 1. The molecule has 0 fully saturated rings. The third-order valence-corrected chi connectivity index (χ3v) is 2.27. The first-order valence-corrected chi connectivity index (χ1v) is 5.51. The summed E-state index contributed by atoms with van der Waals surface area (Å²) < 4.78 is 26.5. The predicted molar refractivity (Wildman–Crippen MR) is 62.7 cm³/mol. The zero-order valence-corrected chi connectivity index (χ0v) is 9.89. The second-order valence-electron chi connectivity index (χ2n) is 3.81. The van der Waals surface area contributed by atoms with E-state index in [1.54, 1.807) is 0 Å². The molecule has 0 spiro atoms. The number of carbonyl (C=O) groups excluding carboxylic acids is 1. The lowest BCUT2D eigenvalue weighted by molar-refractivity contribution is -0.116. The highest BCUT2D eigenvalue weighted by Gasteiger charge is 2.13. The molecule has 0 aliphatic rings. The summed E-state index contributed by atoms with van der Waals surface area (Å²) in [6.45, 7) is 4.49. The molecule has 0 radical (unpaired) electrons. The number of para-hydroxylation sites is 1. The van der Waals surface area contributed by atoms with Gasteiger partial charge in [-0.1, -0.05) is 13.0 Å². The van der Waals surface area contributed by atoms with Crippen molar-refractivity contribution >= 4 is 11.6 Å². The van der Waals surface area contributed by atoms with Gasteiger partial charge < -0.3 is 10.6 Å². The van der Waals surface area contributed by atoms with Crippen molar-refractivity contribution in [2.24, 2.45) is 0 Å². The average Bonchev–Trinajstić information content (AvgIpc) is 2.24. The van der Waals surface area contributed by atoms with E-state index in [-0.39, 0.29) is 18.2 Å². The molecule has 0 aliphatic heterocycles. The predicted octanol–water partition coefficient (Wildman–Crippen LogP) is 2.29. The Balaban J connectivity index is 2.62. The molecule has 0 heterocycles. The Hall–Kier alpha value is -1.49. The minimum atomic E-state index is -0.769. The van der Waals surface area contributed by atoms with Gasteiger partial charge in [0.2, 0.25) is 5.91 Å². The fourth-order valence-electron chi connectivity index (χ4n) is 1.51. The molecule has 1 aromatic rings. The van der Waals surface area contributed by atoms with Crippen molar-refractivity contribution < 1.29 is 13.6 Å². The van der Waals surface area contributed by atoms with E-state index in [1.165, 1.54) is 6.07 Å². The minimum Gasteiger partial charge on any atom is -0.321 e. The molecule has 0 saturated carbocycles. The molecule has 17 heavy (non-hydrogen) atoms. The minimum absolute atomic E-state index is 0.0326. The van der Waals surface area contributed by atoms with Crippen molar-refractivity contribution in [1.82, 2.24) is 5.32 Å². The molecule has 1 amide bonds. The van der Waals surface area contributed by atoms with Gasteiger partial charge >= 0.3 is 0 Å². The summed E-state index contributed by atoms with van der Waals surface area (Å²) in [7, 11) is 0. The first-order valence-electron chi connectivity index (χ1n) is 5.51. The lowest BCUT2D eigenvalue weighted by atomic mass is 10.2. The summed E-state index contributed by atoms with van der Waals surface area (Å²) in [5.41, 5.74) is -0.388. The van der Waals surface area contributed by atoms with E-state index in [9.17, 15) is 13.6 Å². The van der Waals surface area contributed by atoms with Crippen molar-refractivity contribution in [3.63, 3.8) is 0 Å². The number of anilines is 1. The van der Waals surface area contributed by atoms with Crippen LogP contribution in [-0.2, 0) is 4.79 Å². The Bertz CT molecular complexity index is 376. The topological polar surface area (TPSA) is 41.1 Å². The van der Waals surface area contributed by atoms with E-state index in [2.05, 4.69) is 10.6 Å². The van der Waals surface area contributed by atoms with Crippen LogP contribution in [0.5, 0.6) is 0 Å². The summed E-state index contributed by atoms with van der Waals surface area (Å²) >= 11 is 0. The van der Waals surface area contributed by atoms with Crippen LogP contribution in [0, 0.1) is 11.6 Å². The average molecular weight is 242 g/mol. The Morgan fingerprint density at radius 1 is 1.35 bits per heavy atom. The van der Waals surface area contributed by atoms with Gasteiger partial charge in [-0.3, -0.25) is 4.79 Å². The lowest BCUT2D eigenvalue weighted by Gasteiger charge is -2.12. The monoisotopic (exact) mass is 242 g/mol. The van der Waals surface area contributed by atoms with Crippen molar-refractivity contribution in [1.29, 1.82) is 0 Å². The van der Waals surface area contributed by atoms with E-state index >= 15 is 0 Å². The molecular formula is C12H16F2N2O. The number of hydrogen-bond donors (Lipinski definition) is 2. The Morgan fingerprint density at radius 3 is 2.47 bits per heavy atom. The molecule has 2 N–H and O–H groups in total. The summed E-state index contributed by atoms with van der Waals surface area (Å²) in [4.78, 5) is 11.5. The van der Waals surface area contributed by atoms with Gasteiger partial charge in [0.1, 0.15) is 17.3 Å². The highest BCUT2D eigenvalue weighted by molar-refractivity contribution is 5.91. The van der Waals surface area contributed by atoms with E-state index in [0.29, 0.717) is 0 Å². The van der Waals surface area contributed by atoms with Crippen LogP contribution in [0.2, 0.25) is 0 Å². The largest absolute Gasteiger partial charge is 0.321 e. The fraction of sp³-hybridized carbons (Fsp3) is 0.417. The third kappa shape index (κ3) is 4.11. The van der Waals surface area contributed by atoms with Crippen LogP contribution in [0.4, 0.5) is 14.5 Å². The molecule has 1 aromatic carbocycles. The van der Waals surface area contributed by atoms with Gasteiger partial charge in [0.05, 0.1) is 0 Å². The summed E-state index contributed by atoms with van der Waals surface area (Å²) in [6.07, 6.45) is 0.168. The maximum Gasteiger partial charge on any atom is 0.226 e. The van der Waals surface area contributed by atoms with Crippen molar-refractivity contribution in [3.8, 4) is 0 Å². The van der Waals surface area contributed by atoms with Crippen LogP contribution in [-0.4, -0.2) is 18.5 Å². The number of rotatable bonds is 5. The van der Waals surface area contributed by atoms with E-state index in [4.69, 9.17) is 0 Å². The van der Waals surface area contributed by atoms with Crippen LogP contribution in [0.15, 0.2) is 18.2 Å². The Labute approximate surface area is 99.2 Å². The van der Waals surface area contributed by atoms with Gasteiger partial charge in [-0.2, -0.15) is 0 Å². The SMILES string of the molecule is CCNC(C)CC(=O)Nc1c(F)cccc1F. The number of hydrogen-bond acceptors (Lipinski definition) is 2. The van der Waals surface area contributed by atoms with Crippen LogP contribution in [0.1, 0.15) is 20.3 Å². The summed E-state index contributed by atoms with van der Waals surface area (Å²) in [6, 6.07) is 3.43. The molecule has 0 aliphatic carbocycles. The zero-order valence-electron chi connectivity index (χ0n) is 9.89. The second kappa shape index (κ2) is 6.30. The highest BCUT2D eigenvalue weighted by Crippen LogP contribution is 2.18. The van der Waals surface area contributed by atoms with Crippen LogP contribution in [0.25, 0.3) is 0 Å². The van der Waals surface area contributed by atoms with Crippen LogP contribution in [0.3, 0.4) is 0 Å². The summed E-state index contributed by atoms with van der Waals surface area (Å²) in [5.74, 6) is -1.95. The normalized spacial score (nSPS) is 12.2.